The van der Waals surface area contributed by atoms with Crippen LogP contribution in [0.3, 0.4) is 0 Å². The third kappa shape index (κ3) is 2.48. The Morgan fingerprint density at radius 1 is 0.812 bits per heavy atom. The summed E-state index contributed by atoms with van der Waals surface area (Å²) in [4.78, 5) is 0. The summed E-state index contributed by atoms with van der Waals surface area (Å²) in [6.07, 6.45) is 0. The maximum Gasteiger partial charge on any atom is 0.0938 e. The topological polar surface area (TPSA) is 32.3 Å². The lowest BCUT2D eigenvalue weighted by molar-refractivity contribution is 0.249. The molecule has 0 atom stereocenters. The van der Waals surface area contributed by atoms with Crippen LogP contribution in [-0.2, 0) is 0 Å². The van der Waals surface area contributed by atoms with E-state index < -0.39 is 0 Å². The summed E-state index contributed by atoms with van der Waals surface area (Å²) in [6.45, 7) is -0.0333. The molecule has 0 bridgehead atoms. The van der Waals surface area contributed by atoms with E-state index in [1.54, 1.807) is 0 Å². The lowest BCUT2D eigenvalue weighted by Crippen LogP contribution is -2.23. The van der Waals surface area contributed by atoms with Crippen LogP contribution in [-0.4, -0.2) is 11.8 Å². The van der Waals surface area contributed by atoms with Crippen molar-refractivity contribution in [2.75, 3.05) is 6.73 Å². The van der Waals surface area contributed by atoms with Gasteiger partial charge in [-0.2, -0.15) is 0 Å². The van der Waals surface area contributed by atoms with Crippen molar-refractivity contribution < 1.29 is 5.11 Å². The molecular formula is C14H15NO. The van der Waals surface area contributed by atoms with Crippen molar-refractivity contribution in [3.8, 4) is 0 Å². The molecular weight excluding hydrogens is 198 g/mol. The second-order valence-corrected chi connectivity index (χ2v) is 3.62. The summed E-state index contributed by atoms with van der Waals surface area (Å²) in [5.74, 6) is 0. The zero-order valence-electron chi connectivity index (χ0n) is 9.01. The van der Waals surface area contributed by atoms with E-state index >= 15 is 0 Å². The Kier molecular flexibility index (Phi) is 3.70. The maximum absolute atomic E-state index is 9.05. The van der Waals surface area contributed by atoms with Crippen molar-refractivity contribution in [3.05, 3.63) is 71.8 Å². The van der Waals surface area contributed by atoms with Gasteiger partial charge in [-0.1, -0.05) is 60.7 Å². The predicted octanol–water partition coefficient (Wildman–Crippen LogP) is 2.32. The molecule has 0 radical (unpaired) electrons. The van der Waals surface area contributed by atoms with Crippen LogP contribution in [0, 0.1) is 0 Å². The molecule has 0 amide bonds. The Hall–Kier alpha value is -1.64. The lowest BCUT2D eigenvalue weighted by Gasteiger charge is -2.18. The highest BCUT2D eigenvalue weighted by Gasteiger charge is 2.11. The van der Waals surface area contributed by atoms with E-state index in [0.717, 1.165) is 11.1 Å². The fraction of sp³-hybridized carbons (Fsp3) is 0.143. The number of benzene rings is 2. The summed E-state index contributed by atoms with van der Waals surface area (Å²) in [6, 6.07) is 20.3. The van der Waals surface area contributed by atoms with E-state index in [0.29, 0.717) is 0 Å². The van der Waals surface area contributed by atoms with Crippen LogP contribution < -0.4 is 5.32 Å². The molecule has 16 heavy (non-hydrogen) atoms. The molecule has 2 N–H and O–H groups in total. The minimum atomic E-state index is -0.0333. The largest absolute Gasteiger partial charge is 0.381 e. The molecule has 0 saturated heterocycles. The molecule has 0 aliphatic heterocycles. The summed E-state index contributed by atoms with van der Waals surface area (Å²) in [5.41, 5.74) is 2.31. The monoisotopic (exact) mass is 213 g/mol. The molecule has 2 rings (SSSR count). The number of hydrogen-bond donors (Lipinski definition) is 2. The van der Waals surface area contributed by atoms with Crippen molar-refractivity contribution in [1.29, 1.82) is 0 Å². The first-order valence-corrected chi connectivity index (χ1v) is 5.36. The Morgan fingerprint density at radius 2 is 1.25 bits per heavy atom. The third-order valence-corrected chi connectivity index (χ3v) is 2.56. The Labute approximate surface area is 95.6 Å². The fourth-order valence-electron chi connectivity index (χ4n) is 1.81. The van der Waals surface area contributed by atoms with E-state index in [4.69, 9.17) is 5.11 Å². The number of rotatable bonds is 4. The van der Waals surface area contributed by atoms with Gasteiger partial charge in [-0.25, -0.2) is 0 Å². The number of hydrogen-bond acceptors (Lipinski definition) is 2. The highest BCUT2D eigenvalue weighted by Crippen LogP contribution is 2.20. The highest BCUT2D eigenvalue weighted by molar-refractivity contribution is 5.31. The zero-order chi connectivity index (χ0) is 11.2. The summed E-state index contributed by atoms with van der Waals surface area (Å²) in [7, 11) is 0. The van der Waals surface area contributed by atoms with Gasteiger partial charge in [0.1, 0.15) is 0 Å². The first-order chi connectivity index (χ1) is 7.92. The smallest absolute Gasteiger partial charge is 0.0938 e. The molecule has 82 valence electrons. The molecule has 2 heteroatoms. The Bertz CT molecular complexity index is 374. The summed E-state index contributed by atoms with van der Waals surface area (Å²) in [5, 5.41) is 12.1. The van der Waals surface area contributed by atoms with Gasteiger partial charge in [0.25, 0.3) is 0 Å². The van der Waals surface area contributed by atoms with E-state index in [2.05, 4.69) is 29.6 Å². The van der Waals surface area contributed by atoms with Crippen LogP contribution in [0.1, 0.15) is 17.2 Å². The molecule has 0 unspecified atom stereocenters. The van der Waals surface area contributed by atoms with Crippen LogP contribution in [0.25, 0.3) is 0 Å². The van der Waals surface area contributed by atoms with Crippen LogP contribution in [0.15, 0.2) is 60.7 Å². The lowest BCUT2D eigenvalue weighted by atomic mass is 9.99. The predicted molar refractivity (Wildman–Crippen MR) is 64.9 cm³/mol. The molecule has 0 aromatic heterocycles. The van der Waals surface area contributed by atoms with Crippen LogP contribution in [0.2, 0.25) is 0 Å². The van der Waals surface area contributed by atoms with Gasteiger partial charge in [0, 0.05) is 0 Å². The van der Waals surface area contributed by atoms with Gasteiger partial charge in [0.05, 0.1) is 12.8 Å². The quantitative estimate of drug-likeness (QED) is 0.764. The molecule has 0 aliphatic carbocycles. The summed E-state index contributed by atoms with van der Waals surface area (Å²) < 4.78 is 0. The van der Waals surface area contributed by atoms with Crippen LogP contribution in [0.4, 0.5) is 0 Å². The second-order valence-electron chi connectivity index (χ2n) is 3.62. The number of nitrogens with one attached hydrogen (secondary N) is 1. The van der Waals surface area contributed by atoms with Gasteiger partial charge in [-0.3, -0.25) is 5.32 Å². The van der Waals surface area contributed by atoms with Crippen molar-refractivity contribution in [2.45, 2.75) is 6.04 Å². The fourth-order valence-corrected chi connectivity index (χ4v) is 1.81. The average molecular weight is 213 g/mol. The normalized spacial score (nSPS) is 10.6. The van der Waals surface area contributed by atoms with Crippen molar-refractivity contribution in [1.82, 2.24) is 5.32 Å². The first-order valence-electron chi connectivity index (χ1n) is 5.36. The zero-order valence-corrected chi connectivity index (χ0v) is 9.01. The minimum absolute atomic E-state index is 0.0333. The highest BCUT2D eigenvalue weighted by atomic mass is 16.3. The molecule has 2 aromatic carbocycles. The van der Waals surface area contributed by atoms with E-state index in [-0.39, 0.29) is 12.8 Å². The molecule has 0 fully saturated rings. The van der Waals surface area contributed by atoms with E-state index in [1.165, 1.54) is 0 Å². The van der Waals surface area contributed by atoms with E-state index in [1.807, 2.05) is 36.4 Å². The van der Waals surface area contributed by atoms with Gasteiger partial charge in [-0.15, -0.1) is 0 Å². The standard InChI is InChI=1S/C14H15NO/c16-11-15-14(12-7-3-1-4-8-12)13-9-5-2-6-10-13/h1-10,14-16H,11H2. The van der Waals surface area contributed by atoms with E-state index in [9.17, 15) is 0 Å². The Morgan fingerprint density at radius 3 is 1.62 bits per heavy atom. The number of aliphatic hydroxyl groups excluding tert-OH is 1. The molecule has 0 saturated carbocycles. The van der Waals surface area contributed by atoms with Crippen molar-refractivity contribution in [3.63, 3.8) is 0 Å². The maximum atomic E-state index is 9.05. The second kappa shape index (κ2) is 5.45. The molecule has 2 nitrogen and oxygen atoms in total. The van der Waals surface area contributed by atoms with Gasteiger partial charge >= 0.3 is 0 Å². The van der Waals surface area contributed by atoms with Crippen LogP contribution >= 0.6 is 0 Å². The molecule has 2 aromatic rings. The van der Waals surface area contributed by atoms with Crippen molar-refractivity contribution >= 4 is 0 Å². The van der Waals surface area contributed by atoms with Gasteiger partial charge < -0.3 is 5.11 Å². The minimum Gasteiger partial charge on any atom is -0.381 e. The van der Waals surface area contributed by atoms with Crippen molar-refractivity contribution in [2.24, 2.45) is 0 Å². The van der Waals surface area contributed by atoms with Gasteiger partial charge in [-0.05, 0) is 11.1 Å². The molecule has 0 aliphatic rings. The van der Waals surface area contributed by atoms with Gasteiger partial charge in [0.2, 0.25) is 0 Å². The average Bonchev–Trinajstić information content (AvgIpc) is 2.38. The third-order valence-electron chi connectivity index (χ3n) is 2.56. The SMILES string of the molecule is OCNC(c1ccccc1)c1ccccc1. The first kappa shape index (κ1) is 10.9. The molecule has 0 spiro atoms. The summed E-state index contributed by atoms with van der Waals surface area (Å²) >= 11 is 0. The van der Waals surface area contributed by atoms with Crippen LogP contribution in [0.5, 0.6) is 0 Å². The van der Waals surface area contributed by atoms with Gasteiger partial charge in [0.15, 0.2) is 0 Å². The number of aliphatic hydroxyl groups is 1. The Balaban J connectivity index is 2.31. The molecule has 0 heterocycles.